The van der Waals surface area contributed by atoms with Crippen molar-refractivity contribution in [3.63, 3.8) is 0 Å². The number of aryl methyl sites for hydroxylation is 1. The molecule has 1 aliphatic heterocycles. The Morgan fingerprint density at radius 1 is 1.20 bits per heavy atom. The van der Waals surface area contributed by atoms with Crippen LogP contribution >= 0.6 is 0 Å². The lowest BCUT2D eigenvalue weighted by Crippen LogP contribution is -2.40. The summed E-state index contributed by atoms with van der Waals surface area (Å²) in [6.07, 6.45) is 4.81. The average molecular weight is 431 g/mol. The molecule has 1 aliphatic rings. The minimum absolute atomic E-state index is 0.0201. The van der Waals surface area contributed by atoms with Crippen LogP contribution in [0.4, 0.5) is 4.39 Å². The zero-order valence-electron chi connectivity index (χ0n) is 16.5. The fourth-order valence-electron chi connectivity index (χ4n) is 3.85. The molecule has 0 aliphatic carbocycles. The Hall–Kier alpha value is -2.88. The number of likely N-dealkylation sites (tertiary alicyclic amines) is 1. The molecule has 3 aromatic rings. The summed E-state index contributed by atoms with van der Waals surface area (Å²) in [6, 6.07) is 4.65. The molecule has 4 rings (SSSR count). The maximum Gasteiger partial charge on any atom is 0.223 e. The molecular formula is C20H22FN5O3S. The third-order valence-corrected chi connectivity index (χ3v) is 7.14. The zero-order chi connectivity index (χ0) is 21.3. The standard InChI is InChI=1S/C20H22FN5O3S/c1-25-20-19(22-9-10-23-20)18(24-25)14-3-2-11-26(13-14)17(27)8-12-30(28,29)16-6-4-15(21)5-7-16/h4-7,9-10,14H,2-3,8,11-13H2,1H3. The molecule has 0 N–H and O–H groups in total. The molecule has 2 aromatic heterocycles. The first-order valence-corrected chi connectivity index (χ1v) is 11.4. The van der Waals surface area contributed by atoms with Gasteiger partial charge in [0.15, 0.2) is 15.5 Å². The molecule has 1 aromatic carbocycles. The van der Waals surface area contributed by atoms with Crippen LogP contribution in [0.2, 0.25) is 0 Å². The summed E-state index contributed by atoms with van der Waals surface area (Å²) >= 11 is 0. The van der Waals surface area contributed by atoms with E-state index in [1.165, 1.54) is 12.1 Å². The lowest BCUT2D eigenvalue weighted by Gasteiger charge is -2.32. The summed E-state index contributed by atoms with van der Waals surface area (Å²) in [6.45, 7) is 1.06. The fourth-order valence-corrected chi connectivity index (χ4v) is 5.08. The van der Waals surface area contributed by atoms with Gasteiger partial charge in [0, 0.05) is 44.9 Å². The number of benzene rings is 1. The molecule has 0 spiro atoms. The van der Waals surface area contributed by atoms with E-state index in [1.54, 1.807) is 22.0 Å². The van der Waals surface area contributed by atoms with E-state index in [1.807, 2.05) is 7.05 Å². The van der Waals surface area contributed by atoms with Crippen molar-refractivity contribution in [3.8, 4) is 0 Å². The van der Waals surface area contributed by atoms with Gasteiger partial charge in [-0.15, -0.1) is 0 Å². The Kier molecular flexibility index (Phi) is 5.50. The van der Waals surface area contributed by atoms with E-state index >= 15 is 0 Å². The molecule has 0 saturated carbocycles. The molecule has 3 heterocycles. The molecule has 0 bridgehead atoms. The predicted molar refractivity (Wildman–Crippen MR) is 108 cm³/mol. The summed E-state index contributed by atoms with van der Waals surface area (Å²) in [5, 5.41) is 4.57. The molecule has 10 heteroatoms. The quantitative estimate of drug-likeness (QED) is 0.574. The molecular weight excluding hydrogens is 409 g/mol. The van der Waals surface area contributed by atoms with Gasteiger partial charge in [-0.05, 0) is 37.1 Å². The number of carbonyl (C=O) groups is 1. The van der Waals surface area contributed by atoms with Gasteiger partial charge >= 0.3 is 0 Å². The Bertz CT molecular complexity index is 1180. The number of sulfone groups is 1. The van der Waals surface area contributed by atoms with Crippen molar-refractivity contribution >= 4 is 26.9 Å². The zero-order valence-corrected chi connectivity index (χ0v) is 17.3. The molecule has 8 nitrogen and oxygen atoms in total. The Balaban J connectivity index is 1.44. The lowest BCUT2D eigenvalue weighted by atomic mass is 9.94. The van der Waals surface area contributed by atoms with Crippen LogP contribution in [0.25, 0.3) is 11.2 Å². The first-order valence-electron chi connectivity index (χ1n) is 9.75. The first kappa shape index (κ1) is 20.4. The Morgan fingerprint density at radius 3 is 2.70 bits per heavy atom. The molecule has 1 saturated heterocycles. The van der Waals surface area contributed by atoms with Crippen molar-refractivity contribution in [2.45, 2.75) is 30.1 Å². The number of rotatable bonds is 5. The minimum Gasteiger partial charge on any atom is -0.342 e. The smallest absolute Gasteiger partial charge is 0.223 e. The highest BCUT2D eigenvalue weighted by Crippen LogP contribution is 2.30. The third-order valence-electron chi connectivity index (χ3n) is 5.40. The van der Waals surface area contributed by atoms with E-state index in [0.29, 0.717) is 18.7 Å². The van der Waals surface area contributed by atoms with Gasteiger partial charge in [-0.3, -0.25) is 4.79 Å². The summed E-state index contributed by atoms with van der Waals surface area (Å²) in [5.41, 5.74) is 2.25. The fraction of sp³-hybridized carbons (Fsp3) is 0.400. The summed E-state index contributed by atoms with van der Waals surface area (Å²) in [7, 11) is -1.84. The topological polar surface area (TPSA) is 98.1 Å². The van der Waals surface area contributed by atoms with Crippen molar-refractivity contribution in [2.24, 2.45) is 7.05 Å². The van der Waals surface area contributed by atoms with Gasteiger partial charge < -0.3 is 4.90 Å². The van der Waals surface area contributed by atoms with E-state index in [9.17, 15) is 17.6 Å². The molecule has 1 amide bonds. The van der Waals surface area contributed by atoms with Gasteiger partial charge in [-0.1, -0.05) is 0 Å². The lowest BCUT2D eigenvalue weighted by molar-refractivity contribution is -0.132. The van der Waals surface area contributed by atoms with E-state index in [-0.39, 0.29) is 28.9 Å². The maximum absolute atomic E-state index is 13.0. The van der Waals surface area contributed by atoms with E-state index in [2.05, 4.69) is 15.1 Å². The van der Waals surface area contributed by atoms with Crippen molar-refractivity contribution < 1.29 is 17.6 Å². The largest absolute Gasteiger partial charge is 0.342 e. The van der Waals surface area contributed by atoms with Gasteiger partial charge in [0.05, 0.1) is 16.3 Å². The molecule has 1 unspecified atom stereocenters. The van der Waals surface area contributed by atoms with Gasteiger partial charge in [-0.2, -0.15) is 5.10 Å². The first-order chi connectivity index (χ1) is 14.3. The highest BCUT2D eigenvalue weighted by molar-refractivity contribution is 7.91. The van der Waals surface area contributed by atoms with Crippen LogP contribution in [0.5, 0.6) is 0 Å². The van der Waals surface area contributed by atoms with Crippen molar-refractivity contribution in [1.29, 1.82) is 0 Å². The van der Waals surface area contributed by atoms with Crippen LogP contribution in [0.3, 0.4) is 0 Å². The minimum atomic E-state index is -3.65. The number of halogens is 1. The van der Waals surface area contributed by atoms with Gasteiger partial charge in [-0.25, -0.2) is 27.5 Å². The molecule has 30 heavy (non-hydrogen) atoms. The third kappa shape index (κ3) is 4.04. The van der Waals surface area contributed by atoms with Gasteiger partial charge in [0.2, 0.25) is 5.91 Å². The van der Waals surface area contributed by atoms with Crippen LogP contribution in [0.15, 0.2) is 41.6 Å². The number of aromatic nitrogens is 4. The number of fused-ring (bicyclic) bond motifs is 1. The Labute approximate surface area is 173 Å². The summed E-state index contributed by atoms with van der Waals surface area (Å²) in [4.78, 5) is 23.2. The number of amides is 1. The highest BCUT2D eigenvalue weighted by Gasteiger charge is 2.29. The predicted octanol–water partition coefficient (Wildman–Crippen LogP) is 2.07. The van der Waals surface area contributed by atoms with E-state index < -0.39 is 15.7 Å². The van der Waals surface area contributed by atoms with E-state index in [0.717, 1.165) is 36.2 Å². The highest BCUT2D eigenvalue weighted by atomic mass is 32.2. The number of piperidine rings is 1. The van der Waals surface area contributed by atoms with Crippen LogP contribution in [0, 0.1) is 5.82 Å². The van der Waals surface area contributed by atoms with Crippen molar-refractivity contribution in [1.82, 2.24) is 24.6 Å². The number of hydrogen-bond acceptors (Lipinski definition) is 6. The normalized spacial score (nSPS) is 17.4. The monoisotopic (exact) mass is 431 g/mol. The second-order valence-electron chi connectivity index (χ2n) is 7.44. The number of hydrogen-bond donors (Lipinski definition) is 0. The summed E-state index contributed by atoms with van der Waals surface area (Å²) < 4.78 is 39.6. The average Bonchev–Trinajstić information content (AvgIpc) is 3.09. The Morgan fingerprint density at radius 2 is 1.93 bits per heavy atom. The second kappa shape index (κ2) is 8.10. The second-order valence-corrected chi connectivity index (χ2v) is 9.55. The van der Waals surface area contributed by atoms with Crippen molar-refractivity contribution in [3.05, 3.63) is 48.2 Å². The maximum atomic E-state index is 13.0. The van der Waals surface area contributed by atoms with Crippen LogP contribution in [-0.2, 0) is 21.7 Å². The number of nitrogens with zero attached hydrogens (tertiary/aromatic N) is 5. The molecule has 1 atom stereocenters. The molecule has 1 fully saturated rings. The van der Waals surface area contributed by atoms with E-state index in [4.69, 9.17) is 0 Å². The molecule has 158 valence electrons. The molecule has 0 radical (unpaired) electrons. The summed E-state index contributed by atoms with van der Waals surface area (Å²) in [5.74, 6) is -0.999. The van der Waals surface area contributed by atoms with Crippen LogP contribution < -0.4 is 0 Å². The van der Waals surface area contributed by atoms with Gasteiger partial charge in [0.25, 0.3) is 0 Å². The van der Waals surface area contributed by atoms with Crippen LogP contribution in [-0.4, -0.2) is 57.8 Å². The SMILES string of the molecule is Cn1nc(C2CCCN(C(=O)CCS(=O)(=O)c3ccc(F)cc3)C2)c2nccnc21. The van der Waals surface area contributed by atoms with Gasteiger partial charge in [0.1, 0.15) is 11.3 Å². The van der Waals surface area contributed by atoms with Crippen molar-refractivity contribution in [2.75, 3.05) is 18.8 Å². The number of carbonyl (C=O) groups excluding carboxylic acids is 1. The van der Waals surface area contributed by atoms with Crippen LogP contribution in [0.1, 0.15) is 30.9 Å².